The van der Waals surface area contributed by atoms with Crippen LogP contribution >= 0.6 is 0 Å². The van der Waals surface area contributed by atoms with Crippen LogP contribution in [0.1, 0.15) is 29.5 Å². The molecule has 1 aromatic heterocycles. The summed E-state index contributed by atoms with van der Waals surface area (Å²) in [5.41, 5.74) is 0.667. The number of urea groups is 1. The van der Waals surface area contributed by atoms with Crippen molar-refractivity contribution in [3.63, 3.8) is 0 Å². The van der Waals surface area contributed by atoms with Crippen molar-refractivity contribution >= 4 is 11.9 Å². The Hall–Kier alpha value is -2.02. The number of hydrogen-bond acceptors (Lipinski definition) is 4. The Morgan fingerprint density at radius 2 is 1.52 bits per heavy atom. The van der Waals surface area contributed by atoms with Crippen molar-refractivity contribution in [2.75, 3.05) is 59.4 Å². The molecule has 2 fully saturated rings. The molecule has 3 heterocycles. The number of hydrogen-bond donors (Lipinski definition) is 0. The fourth-order valence-electron chi connectivity index (χ4n) is 3.42. The summed E-state index contributed by atoms with van der Waals surface area (Å²) in [7, 11) is 2.08. The maximum absolute atomic E-state index is 12.7. The van der Waals surface area contributed by atoms with Gasteiger partial charge in [-0.2, -0.15) is 0 Å². The number of piperazine rings is 2. The lowest BCUT2D eigenvalue weighted by molar-refractivity contribution is 0.0617. The van der Waals surface area contributed by atoms with E-state index in [0.29, 0.717) is 31.7 Å². The van der Waals surface area contributed by atoms with Crippen molar-refractivity contribution in [3.05, 3.63) is 23.7 Å². The monoisotopic (exact) mass is 348 g/mol. The smallest absolute Gasteiger partial charge is 0.320 e. The van der Waals surface area contributed by atoms with E-state index in [9.17, 15) is 9.59 Å². The standard InChI is InChI=1S/C18H28N4O3/c1-3-4-16-15(5-14-25-16)17(23)20-10-12-22(13-11-20)18(24)21-8-6-19(2)7-9-21/h5,14H,3-4,6-13H2,1-2H3. The quantitative estimate of drug-likeness (QED) is 0.827. The summed E-state index contributed by atoms with van der Waals surface area (Å²) in [6.07, 6.45) is 3.31. The highest BCUT2D eigenvalue weighted by molar-refractivity contribution is 5.95. The average molecular weight is 348 g/mol. The third kappa shape index (κ3) is 3.98. The lowest BCUT2D eigenvalue weighted by Gasteiger charge is -2.39. The first-order valence-corrected chi connectivity index (χ1v) is 9.18. The lowest BCUT2D eigenvalue weighted by atomic mass is 10.1. The molecule has 3 rings (SSSR count). The van der Waals surface area contributed by atoms with Gasteiger partial charge in [-0.1, -0.05) is 6.92 Å². The van der Waals surface area contributed by atoms with Gasteiger partial charge in [-0.25, -0.2) is 4.79 Å². The SMILES string of the molecule is CCCc1occc1C(=O)N1CCN(C(=O)N2CCN(C)CC2)CC1. The molecule has 138 valence electrons. The van der Waals surface area contributed by atoms with Gasteiger partial charge in [0, 0.05) is 58.8 Å². The Bertz CT molecular complexity index is 599. The minimum absolute atomic E-state index is 0.0175. The second-order valence-corrected chi connectivity index (χ2v) is 6.86. The Labute approximate surface area is 149 Å². The number of carbonyl (C=O) groups is 2. The van der Waals surface area contributed by atoms with Crippen LogP contribution in [-0.2, 0) is 6.42 Å². The molecular formula is C18H28N4O3. The maximum atomic E-state index is 12.7. The van der Waals surface area contributed by atoms with Crippen molar-refractivity contribution in [2.45, 2.75) is 19.8 Å². The summed E-state index contributed by atoms with van der Waals surface area (Å²) in [5.74, 6) is 0.785. The summed E-state index contributed by atoms with van der Waals surface area (Å²) in [4.78, 5) is 33.2. The van der Waals surface area contributed by atoms with Crippen LogP contribution in [0.4, 0.5) is 4.79 Å². The van der Waals surface area contributed by atoms with E-state index in [2.05, 4.69) is 18.9 Å². The number of furan rings is 1. The molecule has 2 saturated heterocycles. The highest BCUT2D eigenvalue weighted by Gasteiger charge is 2.29. The van der Waals surface area contributed by atoms with E-state index < -0.39 is 0 Å². The Morgan fingerprint density at radius 1 is 0.960 bits per heavy atom. The fourth-order valence-corrected chi connectivity index (χ4v) is 3.42. The summed E-state index contributed by atoms with van der Waals surface area (Å²) in [6.45, 7) is 7.82. The van der Waals surface area contributed by atoms with Crippen molar-refractivity contribution in [1.29, 1.82) is 0 Å². The largest absolute Gasteiger partial charge is 0.469 e. The first-order valence-electron chi connectivity index (χ1n) is 9.18. The molecular weight excluding hydrogens is 320 g/mol. The van der Waals surface area contributed by atoms with Gasteiger partial charge in [0.25, 0.3) is 5.91 Å². The van der Waals surface area contributed by atoms with Crippen LogP contribution in [0, 0.1) is 0 Å². The van der Waals surface area contributed by atoms with E-state index in [1.54, 1.807) is 12.3 Å². The molecule has 0 unspecified atom stereocenters. The number of carbonyl (C=O) groups excluding carboxylic acids is 2. The molecule has 0 spiro atoms. The molecule has 1 aromatic rings. The van der Waals surface area contributed by atoms with Gasteiger partial charge in [-0.3, -0.25) is 4.79 Å². The summed E-state index contributed by atoms with van der Waals surface area (Å²) < 4.78 is 5.44. The van der Waals surface area contributed by atoms with Crippen LogP contribution in [0.25, 0.3) is 0 Å². The zero-order valence-corrected chi connectivity index (χ0v) is 15.2. The second kappa shape index (κ2) is 7.91. The number of amides is 3. The molecule has 0 bridgehead atoms. The van der Waals surface area contributed by atoms with Crippen molar-refractivity contribution in [1.82, 2.24) is 19.6 Å². The molecule has 2 aliphatic heterocycles. The minimum atomic E-state index is 0.0175. The molecule has 0 atom stereocenters. The highest BCUT2D eigenvalue weighted by Crippen LogP contribution is 2.17. The summed E-state index contributed by atoms with van der Waals surface area (Å²) in [6, 6.07) is 1.87. The average Bonchev–Trinajstić information content (AvgIpc) is 3.10. The molecule has 0 N–H and O–H groups in total. The molecule has 0 aromatic carbocycles. The van der Waals surface area contributed by atoms with Crippen LogP contribution in [0.2, 0.25) is 0 Å². The van der Waals surface area contributed by atoms with Gasteiger partial charge in [0.15, 0.2) is 0 Å². The van der Waals surface area contributed by atoms with E-state index in [-0.39, 0.29) is 11.9 Å². The number of aryl methyl sites for hydroxylation is 1. The van der Waals surface area contributed by atoms with Gasteiger partial charge in [0.05, 0.1) is 11.8 Å². The van der Waals surface area contributed by atoms with E-state index >= 15 is 0 Å². The molecule has 7 nitrogen and oxygen atoms in total. The number of nitrogens with zero attached hydrogens (tertiary/aromatic N) is 4. The van der Waals surface area contributed by atoms with Crippen LogP contribution in [0.15, 0.2) is 16.7 Å². The van der Waals surface area contributed by atoms with Gasteiger partial charge < -0.3 is 24.0 Å². The van der Waals surface area contributed by atoms with Gasteiger partial charge in [-0.05, 0) is 19.5 Å². The number of likely N-dealkylation sites (N-methyl/N-ethyl adjacent to an activating group) is 1. The van der Waals surface area contributed by atoms with Gasteiger partial charge in [0.1, 0.15) is 5.76 Å². The van der Waals surface area contributed by atoms with E-state index in [4.69, 9.17) is 4.42 Å². The molecule has 25 heavy (non-hydrogen) atoms. The molecule has 0 saturated carbocycles. The zero-order valence-electron chi connectivity index (χ0n) is 15.2. The zero-order chi connectivity index (χ0) is 17.8. The van der Waals surface area contributed by atoms with Crippen molar-refractivity contribution in [2.24, 2.45) is 0 Å². The topological polar surface area (TPSA) is 60.2 Å². The lowest BCUT2D eigenvalue weighted by Crippen LogP contribution is -2.57. The summed E-state index contributed by atoms with van der Waals surface area (Å²) in [5, 5.41) is 0. The van der Waals surface area contributed by atoms with Crippen LogP contribution in [0.3, 0.4) is 0 Å². The van der Waals surface area contributed by atoms with Gasteiger partial charge in [0.2, 0.25) is 0 Å². The van der Waals surface area contributed by atoms with Gasteiger partial charge >= 0.3 is 6.03 Å². The summed E-state index contributed by atoms with van der Waals surface area (Å²) >= 11 is 0. The third-order valence-corrected chi connectivity index (χ3v) is 5.06. The number of rotatable bonds is 3. The molecule has 7 heteroatoms. The Balaban J connectivity index is 1.53. The second-order valence-electron chi connectivity index (χ2n) is 6.86. The Kier molecular flexibility index (Phi) is 5.63. The highest BCUT2D eigenvalue weighted by atomic mass is 16.3. The third-order valence-electron chi connectivity index (χ3n) is 5.06. The van der Waals surface area contributed by atoms with Crippen molar-refractivity contribution < 1.29 is 14.0 Å². The molecule has 0 aliphatic carbocycles. The molecule has 0 radical (unpaired) electrons. The van der Waals surface area contributed by atoms with E-state index in [1.807, 2.05) is 14.7 Å². The normalized spacial score (nSPS) is 19.4. The minimum Gasteiger partial charge on any atom is -0.469 e. The fraction of sp³-hybridized carbons (Fsp3) is 0.667. The van der Waals surface area contributed by atoms with Crippen LogP contribution in [0.5, 0.6) is 0 Å². The van der Waals surface area contributed by atoms with Crippen molar-refractivity contribution in [3.8, 4) is 0 Å². The Morgan fingerprint density at radius 3 is 2.12 bits per heavy atom. The van der Waals surface area contributed by atoms with Gasteiger partial charge in [-0.15, -0.1) is 0 Å². The molecule has 2 aliphatic rings. The molecule has 3 amide bonds. The predicted molar refractivity (Wildman–Crippen MR) is 94.6 cm³/mol. The van der Waals surface area contributed by atoms with E-state index in [1.165, 1.54) is 0 Å². The van der Waals surface area contributed by atoms with Crippen LogP contribution < -0.4 is 0 Å². The van der Waals surface area contributed by atoms with Crippen LogP contribution in [-0.4, -0.2) is 90.9 Å². The first-order chi connectivity index (χ1) is 12.1. The maximum Gasteiger partial charge on any atom is 0.320 e. The first kappa shape index (κ1) is 17.8. The predicted octanol–water partition coefficient (Wildman–Crippen LogP) is 1.36. The van der Waals surface area contributed by atoms with E-state index in [0.717, 1.165) is 44.8 Å².